The minimum absolute atomic E-state index is 0.141. The molecule has 3 N–H and O–H groups in total. The Kier molecular flexibility index (Phi) is 5.08. The third kappa shape index (κ3) is 3.57. The number of carbonyl (C=O) groups excluding carboxylic acids is 3. The van der Waals surface area contributed by atoms with Gasteiger partial charge in [0, 0.05) is 34.8 Å². The molecule has 0 aliphatic carbocycles. The van der Waals surface area contributed by atoms with Gasteiger partial charge in [0.1, 0.15) is 5.69 Å². The minimum Gasteiger partial charge on any atom is -0.494 e. The number of hydrogen-bond acceptors (Lipinski definition) is 5. The number of aromatic amines is 1. The highest BCUT2D eigenvalue weighted by atomic mass is 35.5. The van der Waals surface area contributed by atoms with Crippen LogP contribution >= 0.6 is 11.6 Å². The summed E-state index contributed by atoms with van der Waals surface area (Å²) in [6, 6.07) is 11.2. The number of carbonyl (C=O) groups is 3. The lowest BCUT2D eigenvalue weighted by Crippen LogP contribution is -2.17. The topological polar surface area (TPSA) is 117 Å². The van der Waals surface area contributed by atoms with Gasteiger partial charge in [0.2, 0.25) is 0 Å². The van der Waals surface area contributed by atoms with Crippen LogP contribution in [-0.4, -0.2) is 37.8 Å². The fourth-order valence-corrected chi connectivity index (χ4v) is 3.69. The molecule has 9 heteroatoms. The smallest absolute Gasteiger partial charge is 0.275 e. The predicted octanol–water partition coefficient (Wildman–Crippen LogP) is 3.86. The van der Waals surface area contributed by atoms with Gasteiger partial charge in [-0.25, -0.2) is 0 Å². The fourth-order valence-electron chi connectivity index (χ4n) is 3.44. The van der Waals surface area contributed by atoms with Crippen molar-refractivity contribution in [3.63, 3.8) is 0 Å². The van der Waals surface area contributed by atoms with Gasteiger partial charge in [0.05, 0.1) is 16.3 Å². The van der Waals surface area contributed by atoms with Crippen molar-refractivity contribution in [3.05, 3.63) is 75.6 Å². The number of aryl methyl sites for hydroxylation is 2. The number of halogens is 1. The summed E-state index contributed by atoms with van der Waals surface area (Å²) in [5.74, 6) is -0.972. The Morgan fingerprint density at radius 2 is 1.94 bits per heavy atom. The number of aromatic nitrogens is 3. The average Bonchev–Trinajstić information content (AvgIpc) is 3.20. The lowest BCUT2D eigenvalue weighted by atomic mass is 10.0. The van der Waals surface area contributed by atoms with Crippen LogP contribution in [0.4, 0.5) is 5.69 Å². The van der Waals surface area contributed by atoms with Crippen LogP contribution in [0.1, 0.15) is 42.5 Å². The monoisotopic (exact) mass is 436 g/mol. The Morgan fingerprint density at radius 1 is 1.19 bits per heavy atom. The largest absolute Gasteiger partial charge is 0.494 e. The number of aromatic hydroxyl groups is 1. The van der Waals surface area contributed by atoms with E-state index in [0.717, 1.165) is 0 Å². The maximum Gasteiger partial charge on any atom is 0.275 e. The predicted molar refractivity (Wildman–Crippen MR) is 116 cm³/mol. The van der Waals surface area contributed by atoms with Gasteiger partial charge in [-0.15, -0.1) is 0 Å². The second kappa shape index (κ2) is 7.73. The zero-order valence-corrected chi connectivity index (χ0v) is 17.3. The van der Waals surface area contributed by atoms with E-state index in [2.05, 4.69) is 15.4 Å². The summed E-state index contributed by atoms with van der Waals surface area (Å²) >= 11 is 6.17. The summed E-state index contributed by atoms with van der Waals surface area (Å²) in [6.45, 7) is 1.71. The van der Waals surface area contributed by atoms with E-state index in [1.807, 2.05) is 0 Å². The summed E-state index contributed by atoms with van der Waals surface area (Å²) in [5, 5.41) is 17.5. The normalized spacial score (nSPS) is 10.9. The maximum atomic E-state index is 13.0. The molecule has 0 unspecified atom stereocenters. The van der Waals surface area contributed by atoms with E-state index in [1.165, 1.54) is 4.68 Å². The Labute approximate surface area is 181 Å². The Hall–Kier alpha value is -3.91. The molecule has 0 saturated heterocycles. The van der Waals surface area contributed by atoms with E-state index < -0.39 is 5.91 Å². The molecular formula is C22H17ClN4O4. The van der Waals surface area contributed by atoms with Crippen LogP contribution in [0.3, 0.4) is 0 Å². The number of benzene rings is 2. The molecular weight excluding hydrogens is 420 g/mol. The van der Waals surface area contributed by atoms with Crippen molar-refractivity contribution in [3.8, 4) is 5.88 Å². The molecule has 0 aliphatic rings. The Balaban J connectivity index is 1.62. The number of fused-ring (bicyclic) bond motifs is 1. The molecule has 4 rings (SSSR count). The molecule has 0 aliphatic heterocycles. The van der Waals surface area contributed by atoms with Crippen molar-refractivity contribution in [1.29, 1.82) is 0 Å². The van der Waals surface area contributed by atoms with Crippen LogP contribution in [0.25, 0.3) is 10.9 Å². The van der Waals surface area contributed by atoms with Gasteiger partial charge in [-0.05, 0) is 25.1 Å². The second-order valence-corrected chi connectivity index (χ2v) is 7.38. The molecule has 31 heavy (non-hydrogen) atoms. The number of rotatable bonds is 5. The first-order valence-electron chi connectivity index (χ1n) is 9.25. The fraction of sp³-hybridized carbons (Fsp3) is 0.0909. The van der Waals surface area contributed by atoms with E-state index in [1.54, 1.807) is 56.4 Å². The first-order valence-corrected chi connectivity index (χ1v) is 9.63. The van der Waals surface area contributed by atoms with Crippen LogP contribution in [0, 0.1) is 6.92 Å². The third-order valence-corrected chi connectivity index (χ3v) is 5.40. The zero-order chi connectivity index (χ0) is 22.3. The standard InChI is InChI=1S/C22H17ClN4O4/c1-11-18(23)19(27(2)26-11)22(31)24-14-5-3-4-12(8-14)20(29)13-6-7-15-16(10-28)21(30)25-17(15)9-13/h3-10,25,30H,1-2H3,(H,24,31). The molecule has 1 amide bonds. The van der Waals surface area contributed by atoms with Crippen molar-refractivity contribution in [2.24, 2.45) is 7.05 Å². The number of nitrogens with zero attached hydrogens (tertiary/aromatic N) is 2. The van der Waals surface area contributed by atoms with E-state index in [0.29, 0.717) is 39.7 Å². The number of H-pyrrole nitrogens is 1. The van der Waals surface area contributed by atoms with Crippen LogP contribution in [0.15, 0.2) is 42.5 Å². The molecule has 0 spiro atoms. The lowest BCUT2D eigenvalue weighted by Gasteiger charge is -2.08. The van der Waals surface area contributed by atoms with Gasteiger partial charge >= 0.3 is 0 Å². The van der Waals surface area contributed by atoms with Crippen LogP contribution < -0.4 is 5.32 Å². The SMILES string of the molecule is Cc1nn(C)c(C(=O)Nc2cccc(C(=O)c3ccc4c(C=O)c(O)[nH]c4c3)c2)c1Cl. The van der Waals surface area contributed by atoms with Crippen LogP contribution in [0.2, 0.25) is 5.02 Å². The van der Waals surface area contributed by atoms with Crippen LogP contribution in [0.5, 0.6) is 5.88 Å². The summed E-state index contributed by atoms with van der Waals surface area (Å²) in [5.41, 5.74) is 2.52. The van der Waals surface area contributed by atoms with Gasteiger partial charge in [-0.2, -0.15) is 5.10 Å². The Bertz CT molecular complexity index is 1370. The summed E-state index contributed by atoms with van der Waals surface area (Å²) < 4.78 is 1.40. The molecule has 2 aromatic carbocycles. The molecule has 4 aromatic rings. The van der Waals surface area contributed by atoms with E-state index >= 15 is 0 Å². The van der Waals surface area contributed by atoms with Gasteiger partial charge in [-0.1, -0.05) is 35.9 Å². The molecule has 0 atom stereocenters. The van der Waals surface area contributed by atoms with E-state index in [4.69, 9.17) is 11.6 Å². The molecule has 8 nitrogen and oxygen atoms in total. The quantitative estimate of drug-likeness (QED) is 0.324. The molecule has 156 valence electrons. The number of nitrogens with one attached hydrogen (secondary N) is 2. The number of amides is 1. The first kappa shape index (κ1) is 20.4. The number of ketones is 1. The molecule has 0 saturated carbocycles. The highest BCUT2D eigenvalue weighted by Crippen LogP contribution is 2.27. The summed E-state index contributed by atoms with van der Waals surface area (Å²) in [6.07, 6.45) is 0.553. The van der Waals surface area contributed by atoms with Gasteiger partial charge in [0.25, 0.3) is 5.91 Å². The molecule has 0 radical (unpaired) electrons. The van der Waals surface area contributed by atoms with Crippen molar-refractivity contribution < 1.29 is 19.5 Å². The average molecular weight is 437 g/mol. The third-order valence-electron chi connectivity index (χ3n) is 4.94. The Morgan fingerprint density at radius 3 is 2.61 bits per heavy atom. The molecule has 2 aromatic heterocycles. The van der Waals surface area contributed by atoms with Crippen LogP contribution in [-0.2, 0) is 7.05 Å². The van der Waals surface area contributed by atoms with Gasteiger partial charge < -0.3 is 15.4 Å². The van der Waals surface area contributed by atoms with Crippen molar-refractivity contribution >= 4 is 46.2 Å². The van der Waals surface area contributed by atoms with E-state index in [9.17, 15) is 19.5 Å². The summed E-state index contributed by atoms with van der Waals surface area (Å²) in [7, 11) is 1.62. The highest BCUT2D eigenvalue weighted by molar-refractivity contribution is 6.34. The highest BCUT2D eigenvalue weighted by Gasteiger charge is 2.20. The van der Waals surface area contributed by atoms with E-state index in [-0.39, 0.29) is 27.9 Å². The van der Waals surface area contributed by atoms with Crippen molar-refractivity contribution in [2.45, 2.75) is 6.92 Å². The van der Waals surface area contributed by atoms with Gasteiger partial charge in [0.15, 0.2) is 17.9 Å². The molecule has 0 fully saturated rings. The molecule has 0 bridgehead atoms. The van der Waals surface area contributed by atoms with Crippen molar-refractivity contribution in [1.82, 2.24) is 14.8 Å². The maximum absolute atomic E-state index is 13.0. The minimum atomic E-state index is -0.442. The number of anilines is 1. The molecule has 2 heterocycles. The number of hydrogen-bond donors (Lipinski definition) is 3. The second-order valence-electron chi connectivity index (χ2n) is 7.00. The lowest BCUT2D eigenvalue weighted by molar-refractivity contribution is 0.101. The zero-order valence-electron chi connectivity index (χ0n) is 16.6. The van der Waals surface area contributed by atoms with Crippen molar-refractivity contribution in [2.75, 3.05) is 5.32 Å². The number of aldehydes is 1. The summed E-state index contributed by atoms with van der Waals surface area (Å²) in [4.78, 5) is 39.4. The van der Waals surface area contributed by atoms with Gasteiger partial charge in [-0.3, -0.25) is 19.1 Å². The first-order chi connectivity index (χ1) is 14.8.